The second-order valence-electron chi connectivity index (χ2n) is 3.93. The maximum Gasteiger partial charge on any atom is 0.223 e. The van der Waals surface area contributed by atoms with Crippen molar-refractivity contribution in [3.05, 3.63) is 0 Å². The van der Waals surface area contributed by atoms with Crippen LogP contribution >= 0.6 is 0 Å². The van der Waals surface area contributed by atoms with Crippen molar-refractivity contribution >= 4 is 5.91 Å². The van der Waals surface area contributed by atoms with Gasteiger partial charge in [0, 0.05) is 39.1 Å². The van der Waals surface area contributed by atoms with Crippen molar-refractivity contribution in [2.24, 2.45) is 5.73 Å². The third kappa shape index (κ3) is 5.19. The highest BCUT2D eigenvalue weighted by Gasteiger charge is 2.09. The molecule has 0 heterocycles. The molecule has 4 heteroatoms. The van der Waals surface area contributed by atoms with Crippen molar-refractivity contribution in [1.82, 2.24) is 9.80 Å². The van der Waals surface area contributed by atoms with Crippen LogP contribution in [0.1, 0.15) is 20.3 Å². The van der Waals surface area contributed by atoms with Crippen molar-refractivity contribution in [2.75, 3.05) is 33.7 Å². The van der Waals surface area contributed by atoms with Gasteiger partial charge in [0.1, 0.15) is 0 Å². The van der Waals surface area contributed by atoms with Crippen LogP contribution < -0.4 is 5.73 Å². The second kappa shape index (κ2) is 6.79. The Morgan fingerprint density at radius 2 is 1.86 bits per heavy atom. The number of amides is 1. The molecule has 0 saturated heterocycles. The number of likely N-dealkylation sites (N-methyl/N-ethyl adjacent to an activating group) is 2. The van der Waals surface area contributed by atoms with Crippen LogP contribution in [-0.2, 0) is 4.79 Å². The normalized spacial score (nSPS) is 11.1. The molecule has 0 aliphatic heterocycles. The topological polar surface area (TPSA) is 49.6 Å². The first-order chi connectivity index (χ1) is 6.49. The lowest BCUT2D eigenvalue weighted by molar-refractivity contribution is -0.129. The van der Waals surface area contributed by atoms with E-state index in [0.29, 0.717) is 19.0 Å². The van der Waals surface area contributed by atoms with Gasteiger partial charge in [0.05, 0.1) is 0 Å². The van der Waals surface area contributed by atoms with Crippen LogP contribution in [0.25, 0.3) is 0 Å². The Balaban J connectivity index is 3.72. The molecule has 0 aromatic heterocycles. The summed E-state index contributed by atoms with van der Waals surface area (Å²) in [6.45, 7) is 6.39. The number of hydrogen-bond donors (Lipinski definition) is 1. The highest BCUT2D eigenvalue weighted by Crippen LogP contribution is 1.95. The second-order valence-corrected chi connectivity index (χ2v) is 3.93. The van der Waals surface area contributed by atoms with Gasteiger partial charge in [-0.2, -0.15) is 0 Å². The summed E-state index contributed by atoms with van der Waals surface area (Å²) in [4.78, 5) is 15.3. The van der Waals surface area contributed by atoms with E-state index < -0.39 is 0 Å². The number of rotatable bonds is 6. The number of nitrogens with zero attached hydrogens (tertiary/aromatic N) is 2. The van der Waals surface area contributed by atoms with Gasteiger partial charge >= 0.3 is 0 Å². The van der Waals surface area contributed by atoms with Crippen LogP contribution in [0, 0.1) is 0 Å². The molecule has 1 amide bonds. The molecule has 0 bridgehead atoms. The standard InChI is InChI=1S/C10H23N3O/c1-9(2)12(3)7-8-13(4)10(14)5-6-11/h9H,5-8,11H2,1-4H3. The van der Waals surface area contributed by atoms with Crippen molar-refractivity contribution in [2.45, 2.75) is 26.3 Å². The van der Waals surface area contributed by atoms with Gasteiger partial charge in [0.15, 0.2) is 0 Å². The molecule has 84 valence electrons. The van der Waals surface area contributed by atoms with Crippen molar-refractivity contribution in [3.63, 3.8) is 0 Å². The van der Waals surface area contributed by atoms with Crippen LogP contribution in [0.3, 0.4) is 0 Å². The molecule has 14 heavy (non-hydrogen) atoms. The molecule has 0 rings (SSSR count). The summed E-state index contributed by atoms with van der Waals surface area (Å²) < 4.78 is 0. The first-order valence-corrected chi connectivity index (χ1v) is 5.13. The van der Waals surface area contributed by atoms with E-state index in [1.165, 1.54) is 0 Å². The Bertz CT molecular complexity index is 171. The molecule has 0 fully saturated rings. The SMILES string of the molecule is CC(C)N(C)CCN(C)C(=O)CCN. The summed E-state index contributed by atoms with van der Waals surface area (Å²) >= 11 is 0. The molecule has 0 atom stereocenters. The van der Waals surface area contributed by atoms with Gasteiger partial charge in [0.25, 0.3) is 0 Å². The molecule has 4 nitrogen and oxygen atoms in total. The largest absolute Gasteiger partial charge is 0.344 e. The summed E-state index contributed by atoms with van der Waals surface area (Å²) in [5, 5.41) is 0. The van der Waals surface area contributed by atoms with Crippen molar-refractivity contribution in [3.8, 4) is 0 Å². The summed E-state index contributed by atoms with van der Waals surface area (Å²) in [6, 6.07) is 0.521. The van der Waals surface area contributed by atoms with Gasteiger partial charge in [-0.1, -0.05) is 0 Å². The Labute approximate surface area is 87.0 Å². The van der Waals surface area contributed by atoms with Crippen LogP contribution in [-0.4, -0.2) is 55.5 Å². The molecular formula is C10H23N3O. The maximum atomic E-state index is 11.4. The molecule has 0 radical (unpaired) electrons. The Morgan fingerprint density at radius 3 is 2.29 bits per heavy atom. The number of hydrogen-bond acceptors (Lipinski definition) is 3. The molecule has 0 spiro atoms. The van der Waals surface area contributed by atoms with Gasteiger partial charge in [-0.05, 0) is 20.9 Å². The fraction of sp³-hybridized carbons (Fsp3) is 0.900. The molecule has 2 N–H and O–H groups in total. The van der Waals surface area contributed by atoms with Crippen molar-refractivity contribution in [1.29, 1.82) is 0 Å². The Hall–Kier alpha value is -0.610. The highest BCUT2D eigenvalue weighted by atomic mass is 16.2. The van der Waals surface area contributed by atoms with E-state index in [2.05, 4.69) is 25.8 Å². The molecule has 0 aromatic carbocycles. The minimum absolute atomic E-state index is 0.129. The van der Waals surface area contributed by atoms with E-state index in [0.717, 1.165) is 13.1 Å². The van der Waals surface area contributed by atoms with Gasteiger partial charge in [-0.3, -0.25) is 4.79 Å². The lowest BCUT2D eigenvalue weighted by atomic mass is 10.3. The summed E-state index contributed by atoms with van der Waals surface area (Å²) in [5.74, 6) is 0.129. The smallest absolute Gasteiger partial charge is 0.223 e. The molecule has 0 aromatic rings. The van der Waals surface area contributed by atoms with E-state index >= 15 is 0 Å². The fourth-order valence-electron chi connectivity index (χ4n) is 1.00. The summed E-state index contributed by atoms with van der Waals surface area (Å²) in [7, 11) is 3.89. The third-order valence-electron chi connectivity index (χ3n) is 2.45. The van der Waals surface area contributed by atoms with Crippen LogP contribution in [0.2, 0.25) is 0 Å². The van der Waals surface area contributed by atoms with Crippen LogP contribution in [0.4, 0.5) is 0 Å². The minimum Gasteiger partial charge on any atom is -0.344 e. The number of carbonyl (C=O) groups is 1. The third-order valence-corrected chi connectivity index (χ3v) is 2.45. The lowest BCUT2D eigenvalue weighted by Crippen LogP contribution is -2.37. The quantitative estimate of drug-likeness (QED) is 0.665. The molecule has 0 unspecified atom stereocenters. The van der Waals surface area contributed by atoms with E-state index in [1.807, 2.05) is 7.05 Å². The minimum atomic E-state index is 0.129. The summed E-state index contributed by atoms with van der Waals surface area (Å²) in [6.07, 6.45) is 0.446. The molecule has 0 saturated carbocycles. The zero-order chi connectivity index (χ0) is 11.1. The maximum absolute atomic E-state index is 11.4. The van der Waals surface area contributed by atoms with Gasteiger partial charge in [-0.25, -0.2) is 0 Å². The van der Waals surface area contributed by atoms with Gasteiger partial charge in [-0.15, -0.1) is 0 Å². The molecule has 0 aliphatic carbocycles. The van der Waals surface area contributed by atoms with Gasteiger partial charge < -0.3 is 15.5 Å². The average Bonchev–Trinajstić information content (AvgIpc) is 2.13. The van der Waals surface area contributed by atoms with Gasteiger partial charge in [0.2, 0.25) is 5.91 Å². The van der Waals surface area contributed by atoms with Crippen LogP contribution in [0.15, 0.2) is 0 Å². The van der Waals surface area contributed by atoms with E-state index in [1.54, 1.807) is 4.90 Å². The Kier molecular flexibility index (Phi) is 6.49. The van der Waals surface area contributed by atoms with Crippen LogP contribution in [0.5, 0.6) is 0 Å². The first kappa shape index (κ1) is 13.4. The zero-order valence-electron chi connectivity index (χ0n) is 9.79. The molecule has 0 aliphatic rings. The zero-order valence-corrected chi connectivity index (χ0v) is 9.79. The average molecular weight is 201 g/mol. The van der Waals surface area contributed by atoms with E-state index in [4.69, 9.17) is 5.73 Å². The van der Waals surface area contributed by atoms with E-state index in [9.17, 15) is 4.79 Å². The predicted molar refractivity (Wildman–Crippen MR) is 59.1 cm³/mol. The number of carbonyl (C=O) groups excluding carboxylic acids is 1. The highest BCUT2D eigenvalue weighted by molar-refractivity contribution is 5.75. The van der Waals surface area contributed by atoms with Crippen molar-refractivity contribution < 1.29 is 4.79 Å². The number of nitrogens with two attached hydrogens (primary N) is 1. The lowest BCUT2D eigenvalue weighted by Gasteiger charge is -2.24. The monoisotopic (exact) mass is 201 g/mol. The fourth-order valence-corrected chi connectivity index (χ4v) is 1.00. The molecular weight excluding hydrogens is 178 g/mol. The van der Waals surface area contributed by atoms with E-state index in [-0.39, 0.29) is 5.91 Å². The predicted octanol–water partition coefficient (Wildman–Crippen LogP) is 0.134. The summed E-state index contributed by atoms with van der Waals surface area (Å²) in [5.41, 5.74) is 5.31. The first-order valence-electron chi connectivity index (χ1n) is 5.13. The Morgan fingerprint density at radius 1 is 1.29 bits per heavy atom.